The Balaban J connectivity index is 1.26. The van der Waals surface area contributed by atoms with E-state index in [0.717, 1.165) is 17.1 Å². The lowest BCUT2D eigenvalue weighted by atomic mass is 9.92. The van der Waals surface area contributed by atoms with Gasteiger partial charge in [-0.25, -0.2) is 0 Å². The first-order valence-electron chi connectivity index (χ1n) is 15.1. The van der Waals surface area contributed by atoms with Crippen LogP contribution in [0.5, 0.6) is 0 Å². The topological polar surface area (TPSA) is 7.65 Å². The number of fused-ring (bicyclic) bond motifs is 6. The third kappa shape index (κ3) is 3.68. The van der Waals surface area contributed by atoms with Gasteiger partial charge in [-0.1, -0.05) is 121 Å². The number of anilines is 3. The molecule has 0 saturated heterocycles. The Hall–Kier alpha value is -5.86. The summed E-state index contributed by atoms with van der Waals surface area (Å²) in [5.41, 5.74) is 12.1. The number of para-hydroxylation sites is 5. The number of nitrogens with zero attached hydrogens (tertiary/aromatic N) is 2. The van der Waals surface area contributed by atoms with Crippen molar-refractivity contribution in [1.82, 2.24) is 4.40 Å². The highest BCUT2D eigenvalue weighted by atomic mass is 15.1. The number of hydrogen-bond donors (Lipinski definition) is 0. The molecule has 0 bridgehead atoms. The van der Waals surface area contributed by atoms with Gasteiger partial charge in [-0.15, -0.1) is 0 Å². The van der Waals surface area contributed by atoms with Crippen molar-refractivity contribution in [3.05, 3.63) is 170 Å². The summed E-state index contributed by atoms with van der Waals surface area (Å²) in [5.74, 6) is 0. The molecule has 206 valence electrons. The summed E-state index contributed by atoms with van der Waals surface area (Å²) in [4.78, 5) is 2.36. The van der Waals surface area contributed by atoms with Crippen molar-refractivity contribution < 1.29 is 0 Å². The Bertz CT molecular complexity index is 2400. The number of hydrogen-bond acceptors (Lipinski definition) is 1. The molecule has 0 saturated carbocycles. The molecule has 2 heterocycles. The molecule has 2 heteroatoms. The van der Waals surface area contributed by atoms with Gasteiger partial charge in [0.15, 0.2) is 0 Å². The van der Waals surface area contributed by atoms with E-state index in [1.165, 1.54) is 60.3 Å². The zero-order chi connectivity index (χ0) is 29.0. The van der Waals surface area contributed by atoms with Crippen LogP contribution < -0.4 is 4.90 Å². The zero-order valence-corrected chi connectivity index (χ0v) is 24.1. The minimum absolute atomic E-state index is 1.13. The molecular weight excluding hydrogens is 532 g/mol. The molecule has 9 rings (SSSR count). The molecule has 0 aliphatic heterocycles. The van der Waals surface area contributed by atoms with Gasteiger partial charge in [0.1, 0.15) is 0 Å². The summed E-state index contributed by atoms with van der Waals surface area (Å²) in [5, 5.41) is 5.20. The van der Waals surface area contributed by atoms with Crippen LogP contribution in [0, 0.1) is 0 Å². The second-order valence-corrected chi connectivity index (χ2v) is 11.4. The van der Waals surface area contributed by atoms with Crippen molar-refractivity contribution in [3.8, 4) is 22.3 Å². The normalized spacial score (nSPS) is 11.6. The van der Waals surface area contributed by atoms with Crippen molar-refractivity contribution in [2.24, 2.45) is 0 Å². The third-order valence-corrected chi connectivity index (χ3v) is 8.92. The highest BCUT2D eigenvalue weighted by Crippen LogP contribution is 2.45. The van der Waals surface area contributed by atoms with Crippen LogP contribution in [-0.2, 0) is 0 Å². The lowest BCUT2D eigenvalue weighted by Crippen LogP contribution is -2.11. The summed E-state index contributed by atoms with van der Waals surface area (Å²) in [6.07, 6.45) is 0. The first kappa shape index (κ1) is 24.7. The number of benzene rings is 7. The van der Waals surface area contributed by atoms with Crippen molar-refractivity contribution in [2.75, 3.05) is 4.90 Å². The van der Waals surface area contributed by atoms with Gasteiger partial charge in [-0.3, -0.25) is 0 Å². The first-order chi connectivity index (χ1) is 21.9. The first-order valence-corrected chi connectivity index (χ1v) is 15.1. The van der Waals surface area contributed by atoms with E-state index in [2.05, 4.69) is 179 Å². The fourth-order valence-corrected chi connectivity index (χ4v) is 7.05. The maximum atomic E-state index is 2.44. The average Bonchev–Trinajstić information content (AvgIpc) is 3.62. The molecule has 0 N–H and O–H groups in total. The number of aromatic nitrogens is 1. The van der Waals surface area contributed by atoms with Crippen LogP contribution in [0.1, 0.15) is 0 Å². The molecule has 0 fully saturated rings. The molecule has 2 aromatic heterocycles. The monoisotopic (exact) mass is 560 g/mol. The predicted molar refractivity (Wildman–Crippen MR) is 187 cm³/mol. The van der Waals surface area contributed by atoms with E-state index in [-0.39, 0.29) is 0 Å². The summed E-state index contributed by atoms with van der Waals surface area (Å²) in [6, 6.07) is 61.3. The van der Waals surface area contributed by atoms with Gasteiger partial charge < -0.3 is 9.30 Å². The standard InChI is InChI=1S/C42H28N2/c1-3-14-30(15-4-1)43(31-16-5-2-6-17-31)39-24-11-9-20-34(39)33-19-8-7-18-32(33)29-26-27-41-38(28-29)37-23-13-22-36-35-21-10-12-25-40(35)44(41)42(36)37/h1-28H. The summed E-state index contributed by atoms with van der Waals surface area (Å²) >= 11 is 0. The second-order valence-electron chi connectivity index (χ2n) is 11.4. The lowest BCUT2D eigenvalue weighted by molar-refractivity contribution is 1.28. The van der Waals surface area contributed by atoms with Gasteiger partial charge in [0.2, 0.25) is 0 Å². The van der Waals surface area contributed by atoms with Crippen molar-refractivity contribution in [2.45, 2.75) is 0 Å². The summed E-state index contributed by atoms with van der Waals surface area (Å²) in [6.45, 7) is 0. The van der Waals surface area contributed by atoms with Crippen molar-refractivity contribution in [3.63, 3.8) is 0 Å². The average molecular weight is 561 g/mol. The van der Waals surface area contributed by atoms with E-state index >= 15 is 0 Å². The molecule has 0 amide bonds. The molecule has 0 spiro atoms. The van der Waals surface area contributed by atoms with Crippen LogP contribution in [0.4, 0.5) is 17.1 Å². The van der Waals surface area contributed by atoms with E-state index < -0.39 is 0 Å². The Morgan fingerprint density at radius 2 is 0.909 bits per heavy atom. The van der Waals surface area contributed by atoms with E-state index in [1.54, 1.807) is 0 Å². The zero-order valence-electron chi connectivity index (χ0n) is 24.1. The molecule has 0 aliphatic rings. The van der Waals surface area contributed by atoms with Crippen LogP contribution in [0.15, 0.2) is 170 Å². The molecule has 0 aliphatic carbocycles. The van der Waals surface area contributed by atoms with Crippen molar-refractivity contribution in [1.29, 1.82) is 0 Å². The van der Waals surface area contributed by atoms with E-state index in [0.29, 0.717) is 0 Å². The Kier molecular flexibility index (Phi) is 5.54. The molecule has 2 nitrogen and oxygen atoms in total. The van der Waals surface area contributed by atoms with Gasteiger partial charge in [0.05, 0.1) is 22.2 Å². The second kappa shape index (κ2) is 9.86. The van der Waals surface area contributed by atoms with E-state index in [4.69, 9.17) is 0 Å². The van der Waals surface area contributed by atoms with Crippen molar-refractivity contribution >= 4 is 55.2 Å². The SMILES string of the molecule is c1ccc(N(c2ccccc2)c2ccccc2-c2ccccc2-c2ccc3c(c2)c2cccc4c5ccccc5n3c42)cc1. The minimum Gasteiger partial charge on any atom is -0.310 e. The smallest absolute Gasteiger partial charge is 0.0620 e. The van der Waals surface area contributed by atoms with Gasteiger partial charge in [0.25, 0.3) is 0 Å². The molecule has 44 heavy (non-hydrogen) atoms. The Morgan fingerprint density at radius 3 is 1.66 bits per heavy atom. The highest BCUT2D eigenvalue weighted by molar-refractivity contribution is 6.23. The minimum atomic E-state index is 1.13. The fraction of sp³-hybridized carbons (Fsp3) is 0. The summed E-state index contributed by atoms with van der Waals surface area (Å²) < 4.78 is 2.44. The van der Waals surface area contributed by atoms with Gasteiger partial charge >= 0.3 is 0 Å². The van der Waals surface area contributed by atoms with Crippen LogP contribution in [0.2, 0.25) is 0 Å². The van der Waals surface area contributed by atoms with Crippen LogP contribution in [-0.4, -0.2) is 4.40 Å². The largest absolute Gasteiger partial charge is 0.310 e. The van der Waals surface area contributed by atoms with Gasteiger partial charge in [-0.05, 0) is 65.2 Å². The molecule has 0 atom stereocenters. The quantitative estimate of drug-likeness (QED) is 0.203. The fourth-order valence-electron chi connectivity index (χ4n) is 7.05. The Labute approximate surface area is 256 Å². The number of rotatable bonds is 5. The Morgan fingerprint density at radius 1 is 0.364 bits per heavy atom. The lowest BCUT2D eigenvalue weighted by Gasteiger charge is -2.28. The molecule has 9 aromatic rings. The maximum absolute atomic E-state index is 2.44. The highest BCUT2D eigenvalue weighted by Gasteiger charge is 2.20. The van der Waals surface area contributed by atoms with Gasteiger partial charge in [-0.2, -0.15) is 0 Å². The molecule has 7 aromatic carbocycles. The predicted octanol–water partition coefficient (Wildman–Crippen LogP) is 11.6. The summed E-state index contributed by atoms with van der Waals surface area (Å²) in [7, 11) is 0. The van der Waals surface area contributed by atoms with Crippen LogP contribution in [0.3, 0.4) is 0 Å². The van der Waals surface area contributed by atoms with Crippen LogP contribution in [0.25, 0.3) is 60.3 Å². The van der Waals surface area contributed by atoms with E-state index in [1.807, 2.05) is 0 Å². The van der Waals surface area contributed by atoms with Crippen LogP contribution >= 0.6 is 0 Å². The van der Waals surface area contributed by atoms with E-state index in [9.17, 15) is 0 Å². The maximum Gasteiger partial charge on any atom is 0.0620 e. The van der Waals surface area contributed by atoms with Gasteiger partial charge in [0, 0.05) is 38.5 Å². The molecule has 0 radical (unpaired) electrons. The molecular formula is C42H28N2. The third-order valence-electron chi connectivity index (χ3n) is 8.92. The molecule has 0 unspecified atom stereocenters.